The lowest BCUT2D eigenvalue weighted by Gasteiger charge is -2.19. The average molecular weight is 236 g/mol. The summed E-state index contributed by atoms with van der Waals surface area (Å²) in [5.41, 5.74) is 1.03. The first-order valence-electron chi connectivity index (χ1n) is 6.39. The molecule has 0 saturated carbocycles. The van der Waals surface area contributed by atoms with E-state index in [0.29, 0.717) is 0 Å². The van der Waals surface area contributed by atoms with Crippen LogP contribution in [-0.4, -0.2) is 35.0 Å². The van der Waals surface area contributed by atoms with Crippen LogP contribution >= 0.6 is 0 Å². The van der Waals surface area contributed by atoms with Gasteiger partial charge in [0.25, 0.3) is 0 Å². The highest BCUT2D eigenvalue weighted by Crippen LogP contribution is 2.07. The molecule has 1 unspecified atom stereocenters. The first-order valence-corrected chi connectivity index (χ1v) is 6.39. The van der Waals surface area contributed by atoms with Crippen LogP contribution in [0.5, 0.6) is 0 Å². The van der Waals surface area contributed by atoms with Gasteiger partial charge in [0.1, 0.15) is 5.82 Å². The maximum atomic E-state index is 4.40. The molecule has 0 bridgehead atoms. The summed E-state index contributed by atoms with van der Waals surface area (Å²) in [5.74, 6) is 1.58. The maximum Gasteiger partial charge on any atom is 0.144 e. The number of anilines is 1. The molecule has 0 aliphatic rings. The van der Waals surface area contributed by atoms with Crippen molar-refractivity contribution in [2.45, 2.75) is 33.7 Å². The highest BCUT2D eigenvalue weighted by atomic mass is 15.1. The standard InChI is InChI=1S/C13H24N4/c1-5-11(3)9-17(4)10-12-7-16-13(8-15-12)14-6-2/h7-8,11H,5-6,9-10H2,1-4H3,(H,14,16). The first-order chi connectivity index (χ1) is 8.15. The molecular weight excluding hydrogens is 212 g/mol. The van der Waals surface area contributed by atoms with Crippen molar-refractivity contribution in [3.8, 4) is 0 Å². The molecule has 1 aromatic heterocycles. The van der Waals surface area contributed by atoms with E-state index in [9.17, 15) is 0 Å². The van der Waals surface area contributed by atoms with Crippen molar-refractivity contribution < 1.29 is 0 Å². The van der Waals surface area contributed by atoms with Crippen LogP contribution in [0.15, 0.2) is 12.4 Å². The molecule has 96 valence electrons. The van der Waals surface area contributed by atoms with E-state index in [4.69, 9.17) is 0 Å². The molecule has 4 nitrogen and oxygen atoms in total. The molecule has 1 aromatic rings. The average Bonchev–Trinajstić information content (AvgIpc) is 2.31. The molecule has 1 atom stereocenters. The fourth-order valence-electron chi connectivity index (χ4n) is 1.71. The molecular formula is C13H24N4. The van der Waals surface area contributed by atoms with Crippen LogP contribution in [0.4, 0.5) is 5.82 Å². The van der Waals surface area contributed by atoms with Crippen molar-refractivity contribution >= 4 is 5.82 Å². The summed E-state index contributed by atoms with van der Waals surface area (Å²) >= 11 is 0. The fourth-order valence-corrected chi connectivity index (χ4v) is 1.71. The Balaban J connectivity index is 2.45. The van der Waals surface area contributed by atoms with Gasteiger partial charge in [-0.2, -0.15) is 0 Å². The van der Waals surface area contributed by atoms with E-state index < -0.39 is 0 Å². The van der Waals surface area contributed by atoms with Gasteiger partial charge in [-0.15, -0.1) is 0 Å². The molecule has 1 N–H and O–H groups in total. The van der Waals surface area contributed by atoms with Crippen molar-refractivity contribution in [2.24, 2.45) is 5.92 Å². The number of nitrogens with one attached hydrogen (secondary N) is 1. The zero-order chi connectivity index (χ0) is 12.7. The predicted octanol–water partition coefficient (Wildman–Crippen LogP) is 2.39. The van der Waals surface area contributed by atoms with Crippen LogP contribution < -0.4 is 5.32 Å². The van der Waals surface area contributed by atoms with Gasteiger partial charge in [-0.05, 0) is 19.9 Å². The number of aromatic nitrogens is 2. The number of hydrogen-bond donors (Lipinski definition) is 1. The smallest absolute Gasteiger partial charge is 0.144 e. The molecule has 17 heavy (non-hydrogen) atoms. The minimum Gasteiger partial charge on any atom is -0.369 e. The zero-order valence-corrected chi connectivity index (χ0v) is 11.4. The van der Waals surface area contributed by atoms with Crippen molar-refractivity contribution in [3.05, 3.63) is 18.1 Å². The van der Waals surface area contributed by atoms with E-state index >= 15 is 0 Å². The Morgan fingerprint density at radius 1 is 1.29 bits per heavy atom. The van der Waals surface area contributed by atoms with Crippen molar-refractivity contribution in [1.82, 2.24) is 14.9 Å². The third-order valence-corrected chi connectivity index (χ3v) is 2.82. The molecule has 0 saturated heterocycles. The molecule has 0 aliphatic heterocycles. The third kappa shape index (κ3) is 5.13. The Morgan fingerprint density at radius 2 is 2.06 bits per heavy atom. The summed E-state index contributed by atoms with van der Waals surface area (Å²) in [7, 11) is 2.13. The summed E-state index contributed by atoms with van der Waals surface area (Å²) < 4.78 is 0. The normalized spacial score (nSPS) is 12.8. The molecule has 0 radical (unpaired) electrons. The highest BCUT2D eigenvalue weighted by Gasteiger charge is 2.06. The molecule has 1 rings (SSSR count). The minimum absolute atomic E-state index is 0.731. The largest absolute Gasteiger partial charge is 0.369 e. The zero-order valence-electron chi connectivity index (χ0n) is 11.4. The lowest BCUT2D eigenvalue weighted by atomic mass is 10.1. The number of hydrogen-bond acceptors (Lipinski definition) is 4. The van der Waals surface area contributed by atoms with Crippen LogP contribution in [0.1, 0.15) is 32.9 Å². The second-order valence-electron chi connectivity index (χ2n) is 4.63. The van der Waals surface area contributed by atoms with Gasteiger partial charge in [-0.3, -0.25) is 4.98 Å². The topological polar surface area (TPSA) is 41.1 Å². The fraction of sp³-hybridized carbons (Fsp3) is 0.692. The summed E-state index contributed by atoms with van der Waals surface area (Å²) in [5, 5.41) is 3.14. The summed E-state index contributed by atoms with van der Waals surface area (Å²) in [6.07, 6.45) is 4.87. The van der Waals surface area contributed by atoms with Crippen molar-refractivity contribution in [3.63, 3.8) is 0 Å². The van der Waals surface area contributed by atoms with E-state index in [0.717, 1.165) is 37.1 Å². The van der Waals surface area contributed by atoms with Crippen LogP contribution in [0.25, 0.3) is 0 Å². The molecule has 0 spiro atoms. The highest BCUT2D eigenvalue weighted by molar-refractivity contribution is 5.30. The van der Waals surface area contributed by atoms with Crippen LogP contribution in [-0.2, 0) is 6.54 Å². The van der Waals surface area contributed by atoms with E-state index in [-0.39, 0.29) is 0 Å². The van der Waals surface area contributed by atoms with Crippen molar-refractivity contribution in [1.29, 1.82) is 0 Å². The lowest BCUT2D eigenvalue weighted by Crippen LogP contribution is -2.24. The molecule has 0 amide bonds. The Hall–Kier alpha value is -1.16. The lowest BCUT2D eigenvalue weighted by molar-refractivity contribution is 0.272. The van der Waals surface area contributed by atoms with E-state index in [2.05, 4.69) is 48.0 Å². The van der Waals surface area contributed by atoms with Gasteiger partial charge in [0.2, 0.25) is 0 Å². The van der Waals surface area contributed by atoms with Gasteiger partial charge < -0.3 is 10.2 Å². The minimum atomic E-state index is 0.731. The quantitative estimate of drug-likeness (QED) is 0.789. The Morgan fingerprint density at radius 3 is 2.59 bits per heavy atom. The molecule has 0 aromatic carbocycles. The van der Waals surface area contributed by atoms with E-state index in [1.54, 1.807) is 6.20 Å². The predicted molar refractivity (Wildman–Crippen MR) is 72.0 cm³/mol. The van der Waals surface area contributed by atoms with Crippen LogP contribution in [0, 0.1) is 5.92 Å². The first kappa shape index (κ1) is 13.9. The van der Waals surface area contributed by atoms with Crippen molar-refractivity contribution in [2.75, 3.05) is 25.5 Å². The Labute approximate surface area is 104 Å². The summed E-state index contributed by atoms with van der Waals surface area (Å²) in [6.45, 7) is 9.40. The second-order valence-corrected chi connectivity index (χ2v) is 4.63. The van der Waals surface area contributed by atoms with Crippen LogP contribution in [0.2, 0.25) is 0 Å². The Kier molecular flexibility index (Phi) is 5.91. The van der Waals surface area contributed by atoms with Crippen LogP contribution in [0.3, 0.4) is 0 Å². The Bertz CT molecular complexity index is 310. The van der Waals surface area contributed by atoms with E-state index in [1.165, 1.54) is 6.42 Å². The third-order valence-electron chi connectivity index (χ3n) is 2.82. The number of nitrogens with zero attached hydrogens (tertiary/aromatic N) is 3. The molecule has 0 aliphatic carbocycles. The van der Waals surface area contributed by atoms with Gasteiger partial charge in [0.15, 0.2) is 0 Å². The van der Waals surface area contributed by atoms with E-state index in [1.807, 2.05) is 6.20 Å². The summed E-state index contributed by atoms with van der Waals surface area (Å²) in [4.78, 5) is 11.0. The van der Waals surface area contributed by atoms with Gasteiger partial charge in [-0.1, -0.05) is 20.3 Å². The maximum absolute atomic E-state index is 4.40. The molecule has 4 heteroatoms. The molecule has 1 heterocycles. The summed E-state index contributed by atoms with van der Waals surface area (Å²) in [6, 6.07) is 0. The van der Waals surface area contributed by atoms with Gasteiger partial charge in [0, 0.05) is 19.6 Å². The SMILES string of the molecule is CCNc1cnc(CN(C)CC(C)CC)cn1. The van der Waals surface area contributed by atoms with Gasteiger partial charge in [-0.25, -0.2) is 4.98 Å². The van der Waals surface area contributed by atoms with Gasteiger partial charge in [0.05, 0.1) is 18.1 Å². The molecule has 0 fully saturated rings. The second kappa shape index (κ2) is 7.22. The van der Waals surface area contributed by atoms with Gasteiger partial charge >= 0.3 is 0 Å². The number of rotatable bonds is 7. The monoisotopic (exact) mass is 236 g/mol.